The fourth-order valence-corrected chi connectivity index (χ4v) is 4.04. The van der Waals surface area contributed by atoms with Gasteiger partial charge in [-0.3, -0.25) is 9.88 Å². The average molecular weight is 273 g/mol. The number of piperazine rings is 1. The van der Waals surface area contributed by atoms with Crippen LogP contribution in [-0.4, -0.2) is 34.6 Å². The van der Waals surface area contributed by atoms with Crippen molar-refractivity contribution < 1.29 is 0 Å². The zero-order valence-corrected chi connectivity index (χ0v) is 12.8. The zero-order valence-electron chi connectivity index (χ0n) is 12.8. The average Bonchev–Trinajstić information content (AvgIpc) is 2.95. The Bertz CT molecular complexity index is 425. The molecule has 0 bridgehead atoms. The van der Waals surface area contributed by atoms with Crippen LogP contribution in [0.15, 0.2) is 24.5 Å². The van der Waals surface area contributed by atoms with Crippen LogP contribution in [0.25, 0.3) is 0 Å². The number of hydrogen-bond donors (Lipinski definition) is 1. The van der Waals surface area contributed by atoms with Gasteiger partial charge in [0, 0.05) is 43.1 Å². The molecule has 2 unspecified atom stereocenters. The van der Waals surface area contributed by atoms with Crippen LogP contribution >= 0.6 is 0 Å². The summed E-state index contributed by atoms with van der Waals surface area (Å²) in [4.78, 5) is 6.89. The van der Waals surface area contributed by atoms with Crippen LogP contribution in [0.4, 0.5) is 0 Å². The summed E-state index contributed by atoms with van der Waals surface area (Å²) in [6.45, 7) is 7.01. The van der Waals surface area contributed by atoms with Gasteiger partial charge in [0.2, 0.25) is 0 Å². The summed E-state index contributed by atoms with van der Waals surface area (Å²) in [5.41, 5.74) is 1.79. The van der Waals surface area contributed by atoms with Gasteiger partial charge in [-0.05, 0) is 43.9 Å². The molecule has 3 nitrogen and oxygen atoms in total. The summed E-state index contributed by atoms with van der Waals surface area (Å²) in [5, 5.41) is 3.88. The maximum absolute atomic E-state index is 4.15. The third-order valence-corrected chi connectivity index (χ3v) is 5.38. The van der Waals surface area contributed by atoms with Crippen LogP contribution in [0.2, 0.25) is 0 Å². The largest absolute Gasteiger partial charge is 0.308 e. The molecule has 110 valence electrons. The number of hydrogen-bond acceptors (Lipinski definition) is 3. The standard InChI is InChI=1S/C17H27N3/c1-3-16-12-19-17(8-4-5-9-17)13-20(16)14(2)15-6-10-18-11-7-15/h6-7,10-11,14,16,19H,3-5,8-9,12-13H2,1-2H3. The lowest BCUT2D eigenvalue weighted by Gasteiger charge is -2.49. The first-order valence-corrected chi connectivity index (χ1v) is 8.15. The summed E-state index contributed by atoms with van der Waals surface area (Å²) < 4.78 is 0. The molecule has 20 heavy (non-hydrogen) atoms. The summed E-state index contributed by atoms with van der Waals surface area (Å²) in [5.74, 6) is 0. The Morgan fingerprint density at radius 3 is 2.70 bits per heavy atom. The van der Waals surface area contributed by atoms with Gasteiger partial charge in [0.25, 0.3) is 0 Å². The van der Waals surface area contributed by atoms with Gasteiger partial charge in [-0.1, -0.05) is 19.8 Å². The van der Waals surface area contributed by atoms with Gasteiger partial charge in [-0.25, -0.2) is 0 Å². The Morgan fingerprint density at radius 1 is 1.35 bits per heavy atom. The second kappa shape index (κ2) is 5.82. The molecule has 1 spiro atoms. The van der Waals surface area contributed by atoms with E-state index in [0.29, 0.717) is 17.6 Å². The van der Waals surface area contributed by atoms with Crippen molar-refractivity contribution in [3.05, 3.63) is 30.1 Å². The highest BCUT2D eigenvalue weighted by Crippen LogP contribution is 2.36. The molecule has 2 aliphatic rings. The predicted molar refractivity (Wildman–Crippen MR) is 82.6 cm³/mol. The van der Waals surface area contributed by atoms with Crippen molar-refractivity contribution in [2.75, 3.05) is 13.1 Å². The van der Waals surface area contributed by atoms with E-state index >= 15 is 0 Å². The van der Waals surface area contributed by atoms with Crippen LogP contribution in [0.3, 0.4) is 0 Å². The Labute approximate surface area is 122 Å². The fraction of sp³-hybridized carbons (Fsp3) is 0.706. The molecule has 0 radical (unpaired) electrons. The normalized spacial score (nSPS) is 27.8. The van der Waals surface area contributed by atoms with Gasteiger partial charge in [0.15, 0.2) is 0 Å². The molecule has 1 aromatic heterocycles. The minimum atomic E-state index is 0.396. The van der Waals surface area contributed by atoms with Crippen molar-refractivity contribution >= 4 is 0 Å². The SMILES string of the molecule is CCC1CNC2(CCCC2)CN1C(C)c1ccncc1. The Kier molecular flexibility index (Phi) is 4.08. The van der Waals surface area contributed by atoms with Crippen molar-refractivity contribution in [1.82, 2.24) is 15.2 Å². The maximum atomic E-state index is 4.15. The third-order valence-electron chi connectivity index (χ3n) is 5.38. The molecule has 1 aromatic rings. The lowest BCUT2D eigenvalue weighted by Crippen LogP contribution is -2.63. The second-order valence-electron chi connectivity index (χ2n) is 6.56. The molecular weight excluding hydrogens is 246 g/mol. The molecular formula is C17H27N3. The van der Waals surface area contributed by atoms with Crippen molar-refractivity contribution in [1.29, 1.82) is 0 Å². The topological polar surface area (TPSA) is 28.2 Å². The van der Waals surface area contributed by atoms with Gasteiger partial charge in [-0.15, -0.1) is 0 Å². The first kappa shape index (κ1) is 14.0. The van der Waals surface area contributed by atoms with Gasteiger partial charge in [-0.2, -0.15) is 0 Å². The van der Waals surface area contributed by atoms with E-state index in [9.17, 15) is 0 Å². The van der Waals surface area contributed by atoms with Crippen molar-refractivity contribution in [3.8, 4) is 0 Å². The van der Waals surface area contributed by atoms with E-state index in [1.165, 1.54) is 44.2 Å². The van der Waals surface area contributed by atoms with Crippen molar-refractivity contribution in [3.63, 3.8) is 0 Å². The lowest BCUT2D eigenvalue weighted by atomic mass is 9.89. The molecule has 1 aliphatic heterocycles. The maximum Gasteiger partial charge on any atom is 0.0325 e. The van der Waals surface area contributed by atoms with Gasteiger partial charge in [0.1, 0.15) is 0 Å². The quantitative estimate of drug-likeness (QED) is 0.917. The molecule has 0 aromatic carbocycles. The summed E-state index contributed by atoms with van der Waals surface area (Å²) in [6.07, 6.45) is 10.5. The van der Waals surface area contributed by atoms with Gasteiger partial charge >= 0.3 is 0 Å². The zero-order chi connectivity index (χ0) is 14.0. The van der Waals surface area contributed by atoms with Crippen LogP contribution < -0.4 is 5.32 Å². The van der Waals surface area contributed by atoms with Crippen LogP contribution in [0.5, 0.6) is 0 Å². The molecule has 2 atom stereocenters. The number of nitrogens with one attached hydrogen (secondary N) is 1. The predicted octanol–water partition coefficient (Wildman–Crippen LogP) is 3.14. The Hall–Kier alpha value is -0.930. The second-order valence-corrected chi connectivity index (χ2v) is 6.56. The van der Waals surface area contributed by atoms with Crippen LogP contribution in [0.1, 0.15) is 57.6 Å². The molecule has 3 rings (SSSR count). The van der Waals surface area contributed by atoms with Crippen LogP contribution in [-0.2, 0) is 0 Å². The first-order valence-electron chi connectivity index (χ1n) is 8.15. The number of nitrogens with zero attached hydrogens (tertiary/aromatic N) is 2. The molecule has 1 N–H and O–H groups in total. The molecule has 2 heterocycles. The lowest BCUT2D eigenvalue weighted by molar-refractivity contribution is 0.0462. The highest BCUT2D eigenvalue weighted by Gasteiger charge is 2.42. The van der Waals surface area contributed by atoms with E-state index in [2.05, 4.69) is 41.2 Å². The number of rotatable bonds is 3. The highest BCUT2D eigenvalue weighted by molar-refractivity contribution is 5.16. The van der Waals surface area contributed by atoms with Gasteiger partial charge < -0.3 is 5.32 Å². The van der Waals surface area contributed by atoms with E-state index in [4.69, 9.17) is 0 Å². The summed E-state index contributed by atoms with van der Waals surface area (Å²) in [6, 6.07) is 5.48. The Balaban J connectivity index is 1.80. The molecule has 1 saturated carbocycles. The van der Waals surface area contributed by atoms with E-state index in [1.54, 1.807) is 0 Å². The summed E-state index contributed by atoms with van der Waals surface area (Å²) >= 11 is 0. The molecule has 1 saturated heterocycles. The third kappa shape index (κ3) is 2.61. The number of aromatic nitrogens is 1. The van der Waals surface area contributed by atoms with Gasteiger partial charge in [0.05, 0.1) is 0 Å². The van der Waals surface area contributed by atoms with E-state index < -0.39 is 0 Å². The Morgan fingerprint density at radius 2 is 2.05 bits per heavy atom. The van der Waals surface area contributed by atoms with Crippen molar-refractivity contribution in [2.45, 2.75) is 63.6 Å². The van der Waals surface area contributed by atoms with E-state index in [1.807, 2.05) is 12.4 Å². The minimum Gasteiger partial charge on any atom is -0.308 e. The first-order chi connectivity index (χ1) is 9.74. The fourth-order valence-electron chi connectivity index (χ4n) is 4.04. The number of pyridine rings is 1. The molecule has 0 amide bonds. The molecule has 3 heteroatoms. The van der Waals surface area contributed by atoms with E-state index in [-0.39, 0.29) is 0 Å². The highest BCUT2D eigenvalue weighted by atomic mass is 15.3. The van der Waals surface area contributed by atoms with Crippen molar-refractivity contribution in [2.24, 2.45) is 0 Å². The molecule has 1 aliphatic carbocycles. The monoisotopic (exact) mass is 273 g/mol. The van der Waals surface area contributed by atoms with Crippen LogP contribution in [0, 0.1) is 0 Å². The molecule has 2 fully saturated rings. The summed E-state index contributed by atoms with van der Waals surface area (Å²) in [7, 11) is 0. The smallest absolute Gasteiger partial charge is 0.0325 e. The minimum absolute atomic E-state index is 0.396. The van der Waals surface area contributed by atoms with E-state index in [0.717, 1.165) is 6.54 Å².